The number of halogens is 1. The van der Waals surface area contributed by atoms with Crippen LogP contribution in [-0.2, 0) is 24.8 Å². The molecule has 1 unspecified atom stereocenters. The van der Waals surface area contributed by atoms with Crippen LogP contribution in [0.15, 0.2) is 90.0 Å². The predicted octanol–water partition coefficient (Wildman–Crippen LogP) is 4.60. The number of carbonyl (C=O) groups excluding carboxylic acids is 1. The summed E-state index contributed by atoms with van der Waals surface area (Å²) in [5.74, 6) is -0.424. The topological polar surface area (TPSA) is 36.2 Å². The molecule has 0 aliphatic carbocycles. The lowest BCUT2D eigenvalue weighted by molar-refractivity contribution is -0.644. The number of benzene rings is 3. The van der Waals surface area contributed by atoms with E-state index in [2.05, 4.69) is 70.5 Å². The number of nitrogens with one attached hydrogen (secondary N) is 1. The van der Waals surface area contributed by atoms with Crippen LogP contribution in [0.5, 0.6) is 0 Å². The predicted molar refractivity (Wildman–Crippen MR) is 131 cm³/mol. The molecule has 0 saturated carbocycles. The van der Waals surface area contributed by atoms with Gasteiger partial charge in [0.25, 0.3) is 0 Å². The molecule has 4 aromatic rings. The summed E-state index contributed by atoms with van der Waals surface area (Å²) in [7, 11) is 2.05. The molecule has 1 N–H and O–H groups in total. The third kappa shape index (κ3) is 4.44. The normalized spacial score (nSPS) is 15.0. The highest BCUT2D eigenvalue weighted by molar-refractivity contribution is 8.00. The van der Waals surface area contributed by atoms with Crippen LogP contribution in [0.1, 0.15) is 11.1 Å². The number of aromatic nitrogens is 1. The van der Waals surface area contributed by atoms with Gasteiger partial charge in [0.1, 0.15) is 12.9 Å². The van der Waals surface area contributed by atoms with Gasteiger partial charge in [0.05, 0.1) is 17.6 Å². The second-order valence-corrected chi connectivity index (χ2v) is 9.43. The van der Waals surface area contributed by atoms with E-state index in [4.69, 9.17) is 0 Å². The largest absolute Gasteiger partial charge is 0.350 e. The molecule has 5 rings (SSSR count). The maximum atomic E-state index is 13.9. The molecule has 1 aliphatic rings. The Balaban J connectivity index is 1.37. The lowest BCUT2D eigenvalue weighted by Gasteiger charge is -2.26. The van der Waals surface area contributed by atoms with Gasteiger partial charge >= 0.3 is 0 Å². The third-order valence-electron chi connectivity index (χ3n) is 6.06. The summed E-state index contributed by atoms with van der Waals surface area (Å²) in [6.45, 7) is 0.403. The van der Waals surface area contributed by atoms with Crippen LogP contribution in [0.3, 0.4) is 0 Å². The van der Waals surface area contributed by atoms with Crippen molar-refractivity contribution in [1.29, 1.82) is 0 Å². The first kappa shape index (κ1) is 21.5. The zero-order chi connectivity index (χ0) is 22.8. The van der Waals surface area contributed by atoms with Crippen molar-refractivity contribution in [2.24, 2.45) is 7.05 Å². The summed E-state index contributed by atoms with van der Waals surface area (Å²) in [6.07, 6.45) is 2.90. The van der Waals surface area contributed by atoms with E-state index in [1.165, 1.54) is 27.4 Å². The fourth-order valence-corrected chi connectivity index (χ4v) is 5.67. The average molecular weight is 459 g/mol. The van der Waals surface area contributed by atoms with Crippen LogP contribution in [0, 0.1) is 5.82 Å². The van der Waals surface area contributed by atoms with E-state index in [1.54, 1.807) is 30.0 Å². The molecule has 0 radical (unpaired) electrons. The van der Waals surface area contributed by atoms with E-state index in [1.807, 2.05) is 12.1 Å². The number of para-hydroxylation sites is 2. The molecule has 0 bridgehead atoms. The molecule has 3 aromatic carbocycles. The molecule has 0 fully saturated rings. The maximum absolute atomic E-state index is 13.9. The van der Waals surface area contributed by atoms with Crippen molar-refractivity contribution in [3.8, 4) is 0 Å². The van der Waals surface area contributed by atoms with Gasteiger partial charge in [-0.25, -0.2) is 8.96 Å². The Morgan fingerprint density at radius 1 is 1.00 bits per heavy atom. The molecule has 1 atom stereocenters. The Hall–Kier alpha value is -3.38. The first-order valence-electron chi connectivity index (χ1n) is 11.0. The molecular weight excluding hydrogens is 433 g/mol. The number of carbonyl (C=O) groups is 1. The van der Waals surface area contributed by atoms with Gasteiger partial charge in [0.15, 0.2) is 6.20 Å². The number of thioether (sulfide) groups is 1. The lowest BCUT2D eigenvalue weighted by Crippen LogP contribution is -2.41. The Kier molecular flexibility index (Phi) is 6.01. The number of amides is 1. The van der Waals surface area contributed by atoms with Crippen LogP contribution in [-0.4, -0.2) is 17.8 Å². The number of nitrogens with zero attached hydrogens (tertiary/aromatic N) is 2. The number of hydrogen-bond acceptors (Lipinski definition) is 3. The fraction of sp³-hybridized carbons (Fsp3) is 0.185. The quantitative estimate of drug-likeness (QED) is 0.429. The Labute approximate surface area is 197 Å². The van der Waals surface area contributed by atoms with Gasteiger partial charge in [-0.05, 0) is 29.8 Å². The van der Waals surface area contributed by atoms with Crippen molar-refractivity contribution in [3.63, 3.8) is 0 Å². The van der Waals surface area contributed by atoms with E-state index in [9.17, 15) is 9.18 Å². The summed E-state index contributed by atoms with van der Waals surface area (Å²) in [4.78, 5) is 16.2. The number of anilines is 1. The van der Waals surface area contributed by atoms with E-state index in [0.717, 1.165) is 12.1 Å². The van der Waals surface area contributed by atoms with Gasteiger partial charge in [-0.3, -0.25) is 4.79 Å². The van der Waals surface area contributed by atoms with E-state index in [-0.39, 0.29) is 30.2 Å². The highest BCUT2D eigenvalue weighted by Gasteiger charge is 2.32. The molecule has 0 saturated heterocycles. The Morgan fingerprint density at radius 2 is 1.76 bits per heavy atom. The smallest absolute Gasteiger partial charge is 0.239 e. The van der Waals surface area contributed by atoms with Gasteiger partial charge in [0, 0.05) is 40.9 Å². The molecule has 4 nitrogen and oxygen atoms in total. The van der Waals surface area contributed by atoms with Crippen molar-refractivity contribution < 1.29 is 13.8 Å². The first-order valence-corrected chi connectivity index (χ1v) is 11.9. The summed E-state index contributed by atoms with van der Waals surface area (Å²) in [6, 6.07) is 25.3. The second kappa shape index (κ2) is 9.24. The number of aryl methyl sites for hydroxylation is 1. The van der Waals surface area contributed by atoms with Crippen LogP contribution in [0.4, 0.5) is 10.1 Å². The summed E-state index contributed by atoms with van der Waals surface area (Å²) >= 11 is 1.79. The highest BCUT2D eigenvalue weighted by Crippen LogP contribution is 2.44. The van der Waals surface area contributed by atoms with Gasteiger partial charge in [-0.2, -0.15) is 0 Å². The molecule has 2 heterocycles. The molecule has 0 spiro atoms. The lowest BCUT2D eigenvalue weighted by atomic mass is 10.1. The number of fused-ring (bicyclic) bond motifs is 2. The SMILES string of the molecule is C[n+]1ccc(CC2Sc3ccccc3N2CC(=O)NCc2ccccc2F)c2ccccc21. The van der Waals surface area contributed by atoms with Crippen molar-refractivity contribution >= 4 is 34.3 Å². The van der Waals surface area contributed by atoms with Crippen LogP contribution in [0.2, 0.25) is 0 Å². The van der Waals surface area contributed by atoms with Gasteiger partial charge < -0.3 is 10.2 Å². The molecule has 1 amide bonds. The minimum atomic E-state index is -0.304. The minimum Gasteiger partial charge on any atom is -0.350 e. The standard InChI is InChI=1S/C27H24FN3OS/c1-30-15-14-19(21-9-3-5-11-23(21)30)16-27-31(24-12-6-7-13-25(24)33-27)18-26(32)29-17-20-8-2-4-10-22(20)28/h2-15,27H,16-18H2,1H3/p+1. The van der Waals surface area contributed by atoms with Gasteiger partial charge in [0.2, 0.25) is 11.4 Å². The fourth-order valence-electron chi connectivity index (χ4n) is 4.34. The Bertz CT molecular complexity index is 1330. The number of rotatable bonds is 6. The van der Waals surface area contributed by atoms with Crippen molar-refractivity contribution in [2.75, 3.05) is 11.4 Å². The third-order valence-corrected chi connectivity index (χ3v) is 7.35. The van der Waals surface area contributed by atoms with Crippen molar-refractivity contribution in [1.82, 2.24) is 5.32 Å². The van der Waals surface area contributed by atoms with Crippen LogP contribution in [0.25, 0.3) is 10.9 Å². The average Bonchev–Trinajstić information content (AvgIpc) is 3.17. The number of pyridine rings is 1. The number of hydrogen-bond donors (Lipinski definition) is 1. The van der Waals surface area contributed by atoms with Gasteiger partial charge in [-0.15, -0.1) is 0 Å². The monoisotopic (exact) mass is 458 g/mol. The summed E-state index contributed by atoms with van der Waals surface area (Å²) in [5.41, 5.74) is 4.00. The molecular formula is C27H25FN3OS+. The molecule has 6 heteroatoms. The second-order valence-electron chi connectivity index (χ2n) is 8.21. The molecule has 1 aliphatic heterocycles. The Morgan fingerprint density at radius 3 is 2.64 bits per heavy atom. The zero-order valence-electron chi connectivity index (χ0n) is 18.4. The maximum Gasteiger partial charge on any atom is 0.239 e. The first-order chi connectivity index (χ1) is 16.1. The minimum absolute atomic E-state index is 0.0951. The van der Waals surface area contributed by atoms with E-state index in [0.29, 0.717) is 5.56 Å². The van der Waals surface area contributed by atoms with E-state index < -0.39 is 0 Å². The molecule has 1 aromatic heterocycles. The van der Waals surface area contributed by atoms with Crippen molar-refractivity contribution in [3.05, 3.63) is 102 Å². The molecule has 166 valence electrons. The van der Waals surface area contributed by atoms with E-state index >= 15 is 0 Å². The molecule has 33 heavy (non-hydrogen) atoms. The summed E-state index contributed by atoms with van der Waals surface area (Å²) in [5, 5.41) is 4.21. The zero-order valence-corrected chi connectivity index (χ0v) is 19.2. The van der Waals surface area contributed by atoms with Crippen LogP contribution < -0.4 is 14.8 Å². The van der Waals surface area contributed by atoms with Gasteiger partial charge in [-0.1, -0.05) is 54.2 Å². The van der Waals surface area contributed by atoms with Crippen LogP contribution >= 0.6 is 11.8 Å². The summed E-state index contributed by atoms with van der Waals surface area (Å²) < 4.78 is 16.1. The highest BCUT2D eigenvalue weighted by atomic mass is 32.2. The van der Waals surface area contributed by atoms with Crippen molar-refractivity contribution in [2.45, 2.75) is 23.2 Å².